The van der Waals surface area contributed by atoms with Crippen LogP contribution in [0.3, 0.4) is 0 Å². The maximum absolute atomic E-state index is 12.6. The number of methoxy groups -OCH3 is 1. The number of nitrogens with one attached hydrogen (secondary N) is 1. The Balaban J connectivity index is 1.32. The first-order valence-corrected chi connectivity index (χ1v) is 11.5. The van der Waals surface area contributed by atoms with Crippen LogP contribution in [0.2, 0.25) is 0 Å². The molecular formula is C21H26N6O4S. The van der Waals surface area contributed by atoms with Crippen molar-refractivity contribution in [3.63, 3.8) is 0 Å². The molecule has 1 N–H and O–H groups in total. The highest BCUT2D eigenvalue weighted by Crippen LogP contribution is 2.18. The van der Waals surface area contributed by atoms with Gasteiger partial charge in [-0.05, 0) is 30.9 Å². The lowest BCUT2D eigenvalue weighted by Gasteiger charge is -2.32. The van der Waals surface area contributed by atoms with Crippen LogP contribution in [0.25, 0.3) is 5.78 Å². The summed E-state index contributed by atoms with van der Waals surface area (Å²) in [4.78, 5) is 23.1. The van der Waals surface area contributed by atoms with Gasteiger partial charge in [-0.1, -0.05) is 23.9 Å². The van der Waals surface area contributed by atoms with Gasteiger partial charge in [-0.2, -0.15) is 9.50 Å². The van der Waals surface area contributed by atoms with E-state index in [-0.39, 0.29) is 18.7 Å². The van der Waals surface area contributed by atoms with E-state index in [9.17, 15) is 4.79 Å². The van der Waals surface area contributed by atoms with Crippen molar-refractivity contribution in [3.8, 4) is 11.6 Å². The van der Waals surface area contributed by atoms with E-state index in [4.69, 9.17) is 14.2 Å². The minimum atomic E-state index is -0.248. The van der Waals surface area contributed by atoms with E-state index in [0.29, 0.717) is 43.1 Å². The number of hydrogen-bond donors (Lipinski definition) is 1. The number of ether oxygens (including phenoxy) is 3. The summed E-state index contributed by atoms with van der Waals surface area (Å²) in [7, 11) is 1.63. The smallest absolute Gasteiger partial charge is 0.317 e. The van der Waals surface area contributed by atoms with Crippen LogP contribution in [-0.2, 0) is 11.3 Å². The number of carbonyl (C=O) groups is 1. The van der Waals surface area contributed by atoms with Gasteiger partial charge in [0, 0.05) is 24.8 Å². The van der Waals surface area contributed by atoms with Crippen LogP contribution in [0.5, 0.6) is 11.6 Å². The fourth-order valence-corrected chi connectivity index (χ4v) is 3.68. The molecule has 1 unspecified atom stereocenters. The highest BCUT2D eigenvalue weighted by molar-refractivity contribution is 7.98. The van der Waals surface area contributed by atoms with E-state index in [2.05, 4.69) is 20.4 Å². The quantitative estimate of drug-likeness (QED) is 0.537. The van der Waals surface area contributed by atoms with Crippen molar-refractivity contribution in [1.82, 2.24) is 29.8 Å². The molecule has 1 fully saturated rings. The summed E-state index contributed by atoms with van der Waals surface area (Å²) in [5.41, 5.74) is 1.79. The summed E-state index contributed by atoms with van der Waals surface area (Å²) >= 11 is 1.44. The van der Waals surface area contributed by atoms with Crippen molar-refractivity contribution in [2.45, 2.75) is 24.7 Å². The molecule has 2 amide bonds. The Hall–Kier alpha value is -3.05. The summed E-state index contributed by atoms with van der Waals surface area (Å²) < 4.78 is 18.5. The van der Waals surface area contributed by atoms with Crippen LogP contribution in [0.15, 0.2) is 35.5 Å². The molecule has 0 aliphatic carbocycles. The molecule has 170 valence electrons. The third kappa shape index (κ3) is 5.22. The van der Waals surface area contributed by atoms with Gasteiger partial charge in [-0.25, -0.2) is 9.78 Å². The lowest BCUT2D eigenvalue weighted by Crippen LogP contribution is -2.50. The first-order valence-electron chi connectivity index (χ1n) is 10.2. The summed E-state index contributed by atoms with van der Waals surface area (Å²) in [5, 5.41) is 7.99. The Morgan fingerprint density at radius 3 is 2.88 bits per heavy atom. The second kappa shape index (κ2) is 10.0. The molecule has 32 heavy (non-hydrogen) atoms. The predicted molar refractivity (Wildman–Crippen MR) is 119 cm³/mol. The number of thioether (sulfide) groups is 1. The number of benzene rings is 1. The lowest BCUT2D eigenvalue weighted by molar-refractivity contribution is -0.0362. The number of morpholine rings is 1. The van der Waals surface area contributed by atoms with Crippen molar-refractivity contribution < 1.29 is 19.0 Å². The Kier molecular flexibility index (Phi) is 6.96. The molecule has 0 spiro atoms. The highest BCUT2D eigenvalue weighted by atomic mass is 32.2. The molecule has 1 atom stereocenters. The highest BCUT2D eigenvalue weighted by Gasteiger charge is 2.25. The number of aryl methyl sites for hydroxylation is 1. The van der Waals surface area contributed by atoms with Crippen molar-refractivity contribution in [2.24, 2.45) is 0 Å². The number of nitrogens with zero attached hydrogens (tertiary/aromatic N) is 5. The van der Waals surface area contributed by atoms with Gasteiger partial charge in [0.15, 0.2) is 0 Å². The Morgan fingerprint density at radius 2 is 2.12 bits per heavy atom. The van der Waals surface area contributed by atoms with Crippen LogP contribution in [0, 0.1) is 6.92 Å². The molecule has 1 aromatic carbocycles. The van der Waals surface area contributed by atoms with Crippen molar-refractivity contribution in [3.05, 3.63) is 41.6 Å². The first kappa shape index (κ1) is 22.2. The van der Waals surface area contributed by atoms with Crippen LogP contribution in [-0.4, -0.2) is 76.3 Å². The molecule has 11 heteroatoms. The molecule has 4 rings (SSSR count). The second-order valence-corrected chi connectivity index (χ2v) is 8.08. The van der Waals surface area contributed by atoms with Crippen LogP contribution >= 0.6 is 11.8 Å². The number of carbonyl (C=O) groups excluding carboxylic acids is 1. The minimum Gasteiger partial charge on any atom is -0.497 e. The maximum atomic E-state index is 12.6. The second-order valence-electron chi connectivity index (χ2n) is 7.30. The number of aromatic nitrogens is 4. The maximum Gasteiger partial charge on any atom is 0.317 e. The Morgan fingerprint density at radius 1 is 1.31 bits per heavy atom. The molecule has 2 aromatic heterocycles. The summed E-state index contributed by atoms with van der Waals surface area (Å²) in [6.07, 6.45) is 1.66. The zero-order valence-corrected chi connectivity index (χ0v) is 19.1. The zero-order valence-electron chi connectivity index (χ0n) is 18.3. The number of rotatable bonds is 7. The third-order valence-corrected chi connectivity index (χ3v) is 5.55. The molecule has 0 saturated carbocycles. The number of fused-ring (bicyclic) bond motifs is 1. The molecule has 1 aliphatic heterocycles. The zero-order chi connectivity index (χ0) is 22.5. The molecule has 0 bridgehead atoms. The normalized spacial score (nSPS) is 16.2. The lowest BCUT2D eigenvalue weighted by atomic mass is 10.2. The van der Waals surface area contributed by atoms with Crippen molar-refractivity contribution in [1.29, 1.82) is 0 Å². The van der Waals surface area contributed by atoms with E-state index < -0.39 is 0 Å². The summed E-state index contributed by atoms with van der Waals surface area (Å²) in [6, 6.07) is 9.29. The van der Waals surface area contributed by atoms with Gasteiger partial charge < -0.3 is 24.4 Å². The molecule has 1 saturated heterocycles. The fraction of sp³-hybridized carbons (Fsp3) is 0.429. The van der Waals surface area contributed by atoms with E-state index >= 15 is 0 Å². The van der Waals surface area contributed by atoms with Crippen LogP contribution in [0.1, 0.15) is 11.3 Å². The van der Waals surface area contributed by atoms with Gasteiger partial charge in [-0.3, -0.25) is 0 Å². The monoisotopic (exact) mass is 458 g/mol. The average molecular weight is 459 g/mol. The van der Waals surface area contributed by atoms with E-state index in [1.807, 2.05) is 43.5 Å². The molecule has 10 nitrogen and oxygen atoms in total. The van der Waals surface area contributed by atoms with Crippen LogP contribution < -0.4 is 14.8 Å². The van der Waals surface area contributed by atoms with Crippen molar-refractivity contribution in [2.75, 3.05) is 39.7 Å². The first-order chi connectivity index (χ1) is 15.6. The minimum absolute atomic E-state index is 0.128. The predicted octanol–water partition coefficient (Wildman–Crippen LogP) is 2.15. The number of urea groups is 1. The van der Waals surface area contributed by atoms with Gasteiger partial charge in [0.2, 0.25) is 11.0 Å². The third-order valence-electron chi connectivity index (χ3n) is 5.02. The molecular weight excluding hydrogens is 432 g/mol. The Labute approximate surface area is 190 Å². The molecule has 1 aliphatic rings. The molecule has 3 heterocycles. The number of hydrogen-bond acceptors (Lipinski definition) is 8. The topological polar surface area (TPSA) is 103 Å². The van der Waals surface area contributed by atoms with Gasteiger partial charge in [0.1, 0.15) is 18.5 Å². The summed E-state index contributed by atoms with van der Waals surface area (Å²) in [6.45, 7) is 4.04. The van der Waals surface area contributed by atoms with Crippen LogP contribution in [0.4, 0.5) is 4.79 Å². The fourth-order valence-electron chi connectivity index (χ4n) is 3.34. The van der Waals surface area contributed by atoms with E-state index in [1.165, 1.54) is 11.8 Å². The van der Waals surface area contributed by atoms with Crippen molar-refractivity contribution >= 4 is 23.6 Å². The summed E-state index contributed by atoms with van der Waals surface area (Å²) in [5.74, 6) is 1.83. The molecule has 3 aromatic rings. The standard InChI is InChI=1S/C21H26N6O4S/c1-14-10-18(27-19(23-14)24-20(25-27)32-3)31-13-17-12-26(8-9-30-17)21(28)22-11-15-4-6-16(29-2)7-5-15/h4-7,10,17H,8-9,11-13H2,1-3H3,(H,22,28). The van der Waals surface area contributed by atoms with Gasteiger partial charge in [0.25, 0.3) is 5.78 Å². The SMILES string of the molecule is COc1ccc(CNC(=O)N2CCOC(COc3cc(C)nc4nc(SC)nn34)C2)cc1. The van der Waals surface area contributed by atoms with Gasteiger partial charge >= 0.3 is 6.03 Å². The Bertz CT molecular complexity index is 1070. The molecule has 0 radical (unpaired) electrons. The largest absolute Gasteiger partial charge is 0.497 e. The van der Waals surface area contributed by atoms with Gasteiger partial charge in [-0.15, -0.1) is 5.10 Å². The van der Waals surface area contributed by atoms with E-state index in [1.54, 1.807) is 16.5 Å². The average Bonchev–Trinajstić information content (AvgIpc) is 3.24. The number of amides is 2. The van der Waals surface area contributed by atoms with Gasteiger partial charge in [0.05, 0.1) is 20.3 Å². The van der Waals surface area contributed by atoms with E-state index in [0.717, 1.165) is 17.0 Å².